The first-order chi connectivity index (χ1) is 8.89. The summed E-state index contributed by atoms with van der Waals surface area (Å²) in [7, 11) is 0. The lowest BCUT2D eigenvalue weighted by atomic mass is 9.87. The van der Waals surface area contributed by atoms with Gasteiger partial charge >= 0.3 is 12.2 Å². The second-order valence-corrected chi connectivity index (χ2v) is 4.27. The zero-order valence-electron chi connectivity index (χ0n) is 9.98. The molecule has 1 atom stereocenters. The number of alkyl halides is 3. The van der Waals surface area contributed by atoms with Crippen molar-refractivity contribution in [2.45, 2.75) is 11.7 Å². The maximum absolute atomic E-state index is 13.6. The van der Waals surface area contributed by atoms with Crippen LogP contribution in [0.4, 0.5) is 18.0 Å². The van der Waals surface area contributed by atoms with E-state index in [0.29, 0.717) is 4.90 Å². The Kier molecular flexibility index (Phi) is 3.40. The number of hydrogen-bond donors (Lipinski definition) is 1. The standard InChI is InChI=1S/C12H13F3N2O2/c13-12(14,15)11(9-4-2-1-3-5-9)8-19-7-6-17(11)10(16)18/h1-5H,6-8H2,(H2,16,18). The minimum atomic E-state index is -4.68. The maximum Gasteiger partial charge on any atom is 0.418 e. The summed E-state index contributed by atoms with van der Waals surface area (Å²) >= 11 is 0. The van der Waals surface area contributed by atoms with E-state index in [9.17, 15) is 18.0 Å². The third-order valence-corrected chi connectivity index (χ3v) is 3.22. The molecule has 2 N–H and O–H groups in total. The number of rotatable bonds is 1. The average molecular weight is 274 g/mol. The first-order valence-electron chi connectivity index (χ1n) is 5.66. The summed E-state index contributed by atoms with van der Waals surface area (Å²) in [6, 6.07) is 6.10. The third kappa shape index (κ3) is 2.14. The monoisotopic (exact) mass is 274 g/mol. The smallest absolute Gasteiger partial charge is 0.376 e. The molecule has 1 heterocycles. The highest BCUT2D eigenvalue weighted by atomic mass is 19.4. The Morgan fingerprint density at radius 3 is 2.47 bits per heavy atom. The molecule has 19 heavy (non-hydrogen) atoms. The van der Waals surface area contributed by atoms with E-state index in [0.717, 1.165) is 0 Å². The third-order valence-electron chi connectivity index (χ3n) is 3.22. The molecule has 2 rings (SSSR count). The van der Waals surface area contributed by atoms with E-state index >= 15 is 0 Å². The van der Waals surface area contributed by atoms with Crippen LogP contribution in [0.5, 0.6) is 0 Å². The van der Waals surface area contributed by atoms with Crippen molar-refractivity contribution < 1.29 is 22.7 Å². The zero-order valence-corrected chi connectivity index (χ0v) is 9.98. The Morgan fingerprint density at radius 2 is 1.95 bits per heavy atom. The summed E-state index contributed by atoms with van der Waals surface area (Å²) in [6.07, 6.45) is -4.68. The molecule has 4 nitrogen and oxygen atoms in total. The minimum absolute atomic E-state index is 0.0353. The molecule has 0 spiro atoms. The van der Waals surface area contributed by atoms with Crippen LogP contribution in [-0.2, 0) is 10.3 Å². The Hall–Kier alpha value is -1.76. The van der Waals surface area contributed by atoms with Crippen LogP contribution < -0.4 is 5.73 Å². The van der Waals surface area contributed by atoms with Gasteiger partial charge in [-0.3, -0.25) is 0 Å². The van der Waals surface area contributed by atoms with Crippen molar-refractivity contribution in [2.75, 3.05) is 19.8 Å². The lowest BCUT2D eigenvalue weighted by Crippen LogP contribution is -2.65. The van der Waals surface area contributed by atoms with Crippen LogP contribution in [0.15, 0.2) is 30.3 Å². The summed E-state index contributed by atoms with van der Waals surface area (Å²) in [4.78, 5) is 12.0. The number of morpholine rings is 1. The van der Waals surface area contributed by atoms with Crippen LogP contribution in [0.2, 0.25) is 0 Å². The first-order valence-corrected chi connectivity index (χ1v) is 5.66. The molecule has 0 bridgehead atoms. The fourth-order valence-electron chi connectivity index (χ4n) is 2.29. The van der Waals surface area contributed by atoms with Crippen LogP contribution >= 0.6 is 0 Å². The van der Waals surface area contributed by atoms with Gasteiger partial charge in [-0.2, -0.15) is 13.2 Å². The Labute approximate surface area is 107 Å². The van der Waals surface area contributed by atoms with E-state index in [1.54, 1.807) is 6.07 Å². The second kappa shape index (κ2) is 4.73. The number of halogens is 3. The summed E-state index contributed by atoms with van der Waals surface area (Å²) in [5.74, 6) is 0. The molecule has 1 saturated heterocycles. The van der Waals surface area contributed by atoms with Crippen LogP contribution in [0.1, 0.15) is 5.56 Å². The first kappa shape index (κ1) is 13.7. The number of carbonyl (C=O) groups is 1. The highest BCUT2D eigenvalue weighted by molar-refractivity contribution is 5.73. The van der Waals surface area contributed by atoms with Gasteiger partial charge in [0.25, 0.3) is 0 Å². The summed E-state index contributed by atoms with van der Waals surface area (Å²) in [5.41, 5.74) is 2.54. The van der Waals surface area contributed by atoms with Crippen molar-refractivity contribution >= 4 is 6.03 Å². The fourth-order valence-corrected chi connectivity index (χ4v) is 2.29. The van der Waals surface area contributed by atoms with Gasteiger partial charge in [0.05, 0.1) is 13.2 Å². The number of amides is 2. The number of ether oxygens (including phenoxy) is 1. The Balaban J connectivity index is 2.60. The molecule has 0 radical (unpaired) electrons. The molecule has 1 unspecified atom stereocenters. The molecule has 1 fully saturated rings. The highest BCUT2D eigenvalue weighted by Crippen LogP contribution is 2.45. The van der Waals surface area contributed by atoms with Crippen molar-refractivity contribution in [1.29, 1.82) is 0 Å². The van der Waals surface area contributed by atoms with Gasteiger partial charge in [-0.1, -0.05) is 30.3 Å². The summed E-state index contributed by atoms with van der Waals surface area (Å²) in [6.45, 7) is -0.805. The molecule has 0 aliphatic carbocycles. The quantitative estimate of drug-likeness (QED) is 0.849. The van der Waals surface area contributed by atoms with Gasteiger partial charge in [0.2, 0.25) is 0 Å². The van der Waals surface area contributed by atoms with E-state index in [2.05, 4.69) is 0 Å². The normalized spacial score (nSPS) is 24.3. The number of nitrogens with zero attached hydrogens (tertiary/aromatic N) is 1. The zero-order chi connectivity index (χ0) is 14.1. The van der Waals surface area contributed by atoms with Gasteiger partial charge in [0.1, 0.15) is 0 Å². The fraction of sp³-hybridized carbons (Fsp3) is 0.417. The number of urea groups is 1. The number of hydrogen-bond acceptors (Lipinski definition) is 2. The van der Waals surface area contributed by atoms with Crippen LogP contribution in [0.3, 0.4) is 0 Å². The lowest BCUT2D eigenvalue weighted by Gasteiger charge is -2.46. The molecule has 7 heteroatoms. The molecule has 1 aromatic rings. The molecule has 0 saturated carbocycles. The Morgan fingerprint density at radius 1 is 1.32 bits per heavy atom. The van der Waals surface area contributed by atoms with E-state index < -0.39 is 24.4 Å². The van der Waals surface area contributed by atoms with Gasteiger partial charge in [-0.25, -0.2) is 4.79 Å². The van der Waals surface area contributed by atoms with Crippen molar-refractivity contribution in [3.8, 4) is 0 Å². The molecule has 2 amide bonds. The highest BCUT2D eigenvalue weighted by Gasteiger charge is 2.62. The largest absolute Gasteiger partial charge is 0.418 e. The minimum Gasteiger partial charge on any atom is -0.376 e. The second-order valence-electron chi connectivity index (χ2n) is 4.27. The van der Waals surface area contributed by atoms with Crippen molar-refractivity contribution in [1.82, 2.24) is 4.90 Å². The van der Waals surface area contributed by atoms with Gasteiger partial charge in [-0.05, 0) is 5.56 Å². The predicted octanol–water partition coefficient (Wildman–Crippen LogP) is 1.86. The van der Waals surface area contributed by atoms with Crippen molar-refractivity contribution in [3.63, 3.8) is 0 Å². The molecular formula is C12H13F3N2O2. The SMILES string of the molecule is NC(=O)N1CCOCC1(c1ccccc1)C(F)(F)F. The summed E-state index contributed by atoms with van der Waals surface area (Å²) < 4.78 is 45.7. The van der Waals surface area contributed by atoms with Gasteiger partial charge in [0, 0.05) is 6.54 Å². The van der Waals surface area contributed by atoms with Gasteiger partial charge in [0.15, 0.2) is 5.54 Å². The molecular weight excluding hydrogens is 261 g/mol. The molecule has 1 aromatic carbocycles. The molecule has 0 aromatic heterocycles. The van der Waals surface area contributed by atoms with E-state index in [1.165, 1.54) is 24.3 Å². The van der Waals surface area contributed by atoms with E-state index in [1.807, 2.05) is 0 Å². The maximum atomic E-state index is 13.6. The topological polar surface area (TPSA) is 55.6 Å². The van der Waals surface area contributed by atoms with Crippen LogP contribution in [-0.4, -0.2) is 36.9 Å². The molecule has 1 aliphatic rings. The number of primary amides is 1. The number of nitrogens with two attached hydrogens (primary N) is 1. The Bertz CT molecular complexity index is 464. The van der Waals surface area contributed by atoms with Crippen molar-refractivity contribution in [2.24, 2.45) is 5.73 Å². The number of benzene rings is 1. The number of carbonyl (C=O) groups excluding carboxylic acids is 1. The summed E-state index contributed by atoms with van der Waals surface area (Å²) in [5, 5.41) is 0. The average Bonchev–Trinajstić information content (AvgIpc) is 2.38. The van der Waals surface area contributed by atoms with Crippen LogP contribution in [0.25, 0.3) is 0 Å². The van der Waals surface area contributed by atoms with Gasteiger partial charge < -0.3 is 15.4 Å². The van der Waals surface area contributed by atoms with Crippen LogP contribution in [0, 0.1) is 0 Å². The predicted molar refractivity (Wildman–Crippen MR) is 61.3 cm³/mol. The van der Waals surface area contributed by atoms with E-state index in [-0.39, 0.29) is 18.7 Å². The molecule has 1 aliphatic heterocycles. The van der Waals surface area contributed by atoms with E-state index in [4.69, 9.17) is 10.5 Å². The lowest BCUT2D eigenvalue weighted by molar-refractivity contribution is -0.257. The molecule has 104 valence electrons. The van der Waals surface area contributed by atoms with Crippen molar-refractivity contribution in [3.05, 3.63) is 35.9 Å². The van der Waals surface area contributed by atoms with Gasteiger partial charge in [-0.15, -0.1) is 0 Å².